The molecule has 1 saturated heterocycles. The predicted molar refractivity (Wildman–Crippen MR) is 126 cm³/mol. The van der Waals surface area contributed by atoms with Gasteiger partial charge in [0.15, 0.2) is 11.4 Å². The fourth-order valence-electron chi connectivity index (χ4n) is 3.31. The number of thiophene rings is 1. The Morgan fingerprint density at radius 1 is 0.897 bits per heavy atom. The lowest BCUT2D eigenvalue weighted by Gasteiger charge is -2.22. The molecule has 142 valence electrons. The summed E-state index contributed by atoms with van der Waals surface area (Å²) >= 11 is 3.24. The number of benzene rings is 3. The molecular weight excluding hydrogens is 396 g/mol. The van der Waals surface area contributed by atoms with Crippen molar-refractivity contribution in [1.82, 2.24) is 0 Å². The molecule has 0 amide bonds. The van der Waals surface area contributed by atoms with E-state index in [1.807, 2.05) is 65.6 Å². The van der Waals surface area contributed by atoms with Gasteiger partial charge in [-0.3, -0.25) is 4.90 Å². The van der Waals surface area contributed by atoms with Gasteiger partial charge in [-0.15, -0.1) is 11.3 Å². The highest BCUT2D eigenvalue weighted by molar-refractivity contribution is 8.18. The summed E-state index contributed by atoms with van der Waals surface area (Å²) in [6.45, 7) is 0. The maximum Gasteiger partial charge on any atom is 0.176 e. The van der Waals surface area contributed by atoms with Crippen molar-refractivity contribution in [2.45, 2.75) is 6.23 Å². The fraction of sp³-hybridized carbons (Fsp3) is 0.0417. The van der Waals surface area contributed by atoms with E-state index in [1.165, 1.54) is 21.8 Å². The highest BCUT2D eigenvalue weighted by Crippen LogP contribution is 2.40. The number of para-hydroxylation sites is 2. The van der Waals surface area contributed by atoms with Crippen LogP contribution in [0.25, 0.3) is 16.2 Å². The molecule has 0 bridgehead atoms. The highest BCUT2D eigenvalue weighted by atomic mass is 32.2. The lowest BCUT2D eigenvalue weighted by Crippen LogP contribution is -2.32. The van der Waals surface area contributed by atoms with Crippen LogP contribution in [0.5, 0.6) is 0 Å². The van der Waals surface area contributed by atoms with Crippen molar-refractivity contribution >= 4 is 55.8 Å². The average Bonchev–Trinajstić information content (AvgIpc) is 3.34. The molecule has 4 aromatic rings. The number of aliphatic imine (C=N–C) groups is 1. The van der Waals surface area contributed by atoms with Crippen LogP contribution >= 0.6 is 23.1 Å². The predicted octanol–water partition coefficient (Wildman–Crippen LogP) is 6.50. The molecule has 1 N–H and O–H groups in total. The van der Waals surface area contributed by atoms with Crippen LogP contribution in [0, 0.1) is 0 Å². The highest BCUT2D eigenvalue weighted by Gasteiger charge is 2.34. The number of nitrogens with zero attached hydrogens (tertiary/aromatic N) is 2. The van der Waals surface area contributed by atoms with E-state index in [4.69, 9.17) is 4.99 Å². The number of thioether (sulfide) groups is 1. The summed E-state index contributed by atoms with van der Waals surface area (Å²) in [6.07, 6.45) is 1.28. The van der Waals surface area contributed by atoms with E-state index in [9.17, 15) is 5.11 Å². The third-order valence-electron chi connectivity index (χ3n) is 4.71. The first-order chi connectivity index (χ1) is 14.3. The Hall–Kier alpha value is -2.86. The van der Waals surface area contributed by atoms with Crippen molar-refractivity contribution < 1.29 is 5.11 Å². The number of aliphatic hydroxyl groups is 1. The van der Waals surface area contributed by atoms with Gasteiger partial charge in [0.2, 0.25) is 0 Å². The molecule has 5 heteroatoms. The molecule has 3 nitrogen and oxygen atoms in total. The summed E-state index contributed by atoms with van der Waals surface area (Å²) in [5, 5.41) is 15.2. The van der Waals surface area contributed by atoms with Gasteiger partial charge in [0.1, 0.15) is 0 Å². The Balaban J connectivity index is 1.56. The van der Waals surface area contributed by atoms with E-state index >= 15 is 0 Å². The topological polar surface area (TPSA) is 35.8 Å². The number of anilines is 1. The first kappa shape index (κ1) is 18.2. The zero-order chi connectivity index (χ0) is 19.6. The minimum absolute atomic E-state index is 0.762. The van der Waals surface area contributed by atoms with Gasteiger partial charge in [0.25, 0.3) is 0 Å². The van der Waals surface area contributed by atoms with E-state index in [-0.39, 0.29) is 0 Å². The first-order valence-electron chi connectivity index (χ1n) is 9.31. The SMILES string of the molecule is OC1/C(=C/c2ccc3sccc3c2)SC(=Nc2ccccc2)N1c1ccccc1. The van der Waals surface area contributed by atoms with Crippen molar-refractivity contribution in [2.24, 2.45) is 4.99 Å². The number of hydrogen-bond acceptors (Lipinski definition) is 4. The normalized spacial score (nSPS) is 19.5. The van der Waals surface area contributed by atoms with Crippen molar-refractivity contribution in [3.63, 3.8) is 0 Å². The van der Waals surface area contributed by atoms with Crippen molar-refractivity contribution in [1.29, 1.82) is 0 Å². The van der Waals surface area contributed by atoms with Gasteiger partial charge < -0.3 is 5.11 Å². The summed E-state index contributed by atoms with van der Waals surface area (Å²) in [7, 11) is 0. The lowest BCUT2D eigenvalue weighted by molar-refractivity contribution is 0.233. The second-order valence-corrected chi connectivity index (χ2v) is 8.66. The molecule has 1 fully saturated rings. The van der Waals surface area contributed by atoms with E-state index in [2.05, 4.69) is 35.7 Å². The molecular formula is C24H18N2OS2. The fourth-order valence-corrected chi connectivity index (χ4v) is 5.15. The molecule has 1 aromatic heterocycles. The second-order valence-electron chi connectivity index (χ2n) is 6.68. The number of aliphatic hydroxyl groups excluding tert-OH is 1. The molecule has 2 heterocycles. The molecule has 0 radical (unpaired) electrons. The third-order valence-corrected chi connectivity index (χ3v) is 6.65. The van der Waals surface area contributed by atoms with Crippen LogP contribution < -0.4 is 4.90 Å². The quantitative estimate of drug-likeness (QED) is 0.415. The van der Waals surface area contributed by atoms with E-state index < -0.39 is 6.23 Å². The Morgan fingerprint density at radius 2 is 1.66 bits per heavy atom. The van der Waals surface area contributed by atoms with Crippen LogP contribution in [0.4, 0.5) is 11.4 Å². The maximum atomic E-state index is 11.1. The van der Waals surface area contributed by atoms with E-state index in [0.29, 0.717) is 0 Å². The van der Waals surface area contributed by atoms with Crippen LogP contribution in [0.15, 0.2) is 100 Å². The minimum Gasteiger partial charge on any atom is -0.368 e. The van der Waals surface area contributed by atoms with Crippen molar-refractivity contribution in [2.75, 3.05) is 4.90 Å². The van der Waals surface area contributed by atoms with E-state index in [0.717, 1.165) is 27.0 Å². The van der Waals surface area contributed by atoms with Crippen LogP contribution in [0.2, 0.25) is 0 Å². The second kappa shape index (κ2) is 7.87. The Kier molecular flexibility index (Phi) is 4.94. The van der Waals surface area contributed by atoms with Crippen LogP contribution in [-0.4, -0.2) is 16.5 Å². The van der Waals surface area contributed by atoms with Gasteiger partial charge in [-0.25, -0.2) is 4.99 Å². The summed E-state index contributed by atoms with van der Waals surface area (Å²) < 4.78 is 1.27. The Morgan fingerprint density at radius 3 is 2.45 bits per heavy atom. The van der Waals surface area contributed by atoms with Gasteiger partial charge in [0, 0.05) is 15.3 Å². The summed E-state index contributed by atoms with van der Waals surface area (Å²) in [5.41, 5.74) is 2.86. The monoisotopic (exact) mass is 414 g/mol. The van der Waals surface area contributed by atoms with Crippen LogP contribution in [-0.2, 0) is 0 Å². The van der Waals surface area contributed by atoms with Gasteiger partial charge in [-0.2, -0.15) is 0 Å². The number of hydrogen-bond donors (Lipinski definition) is 1. The van der Waals surface area contributed by atoms with Gasteiger partial charge >= 0.3 is 0 Å². The third kappa shape index (κ3) is 3.72. The van der Waals surface area contributed by atoms with Crippen molar-refractivity contribution in [3.8, 4) is 0 Å². The lowest BCUT2D eigenvalue weighted by atomic mass is 10.1. The zero-order valence-corrected chi connectivity index (χ0v) is 17.1. The number of rotatable bonds is 3. The molecule has 0 aliphatic carbocycles. The minimum atomic E-state index is -0.775. The number of amidine groups is 1. The maximum absolute atomic E-state index is 11.1. The smallest absolute Gasteiger partial charge is 0.176 e. The molecule has 1 unspecified atom stereocenters. The Labute approximate surface area is 177 Å². The van der Waals surface area contributed by atoms with Gasteiger partial charge in [-0.05, 0) is 64.9 Å². The van der Waals surface area contributed by atoms with Crippen molar-refractivity contribution in [3.05, 3.63) is 101 Å². The summed E-state index contributed by atoms with van der Waals surface area (Å²) in [6, 6.07) is 28.2. The summed E-state index contributed by atoms with van der Waals surface area (Å²) in [5.74, 6) is 0. The number of fused-ring (bicyclic) bond motifs is 1. The zero-order valence-electron chi connectivity index (χ0n) is 15.5. The molecule has 0 spiro atoms. The molecule has 5 rings (SSSR count). The molecule has 29 heavy (non-hydrogen) atoms. The van der Waals surface area contributed by atoms with Gasteiger partial charge in [-0.1, -0.05) is 54.2 Å². The molecule has 1 atom stereocenters. The molecule has 3 aromatic carbocycles. The molecule has 1 aliphatic heterocycles. The first-order valence-corrected chi connectivity index (χ1v) is 11.0. The molecule has 1 aliphatic rings. The largest absolute Gasteiger partial charge is 0.368 e. The van der Waals surface area contributed by atoms with Crippen LogP contribution in [0.1, 0.15) is 5.56 Å². The Bertz CT molecular complexity index is 1200. The standard InChI is InChI=1S/C24H18N2OS2/c27-23-22(16-17-11-12-21-18(15-17)13-14-28-21)29-24(25-19-7-3-1-4-8-19)26(23)20-9-5-2-6-10-20/h1-16,23,27H/b22-16-,25-24?. The van der Waals surface area contributed by atoms with E-state index in [1.54, 1.807) is 11.3 Å². The van der Waals surface area contributed by atoms with Crippen LogP contribution in [0.3, 0.4) is 0 Å². The summed E-state index contributed by atoms with van der Waals surface area (Å²) in [4.78, 5) is 7.55. The average molecular weight is 415 g/mol. The van der Waals surface area contributed by atoms with Gasteiger partial charge in [0.05, 0.1) is 5.69 Å². The molecule has 0 saturated carbocycles.